The normalized spacial score (nSPS) is 10.5. The van der Waals surface area contributed by atoms with Crippen LogP contribution in [0.15, 0.2) is 48.5 Å². The summed E-state index contributed by atoms with van der Waals surface area (Å²) in [5.74, 6) is 0.384. The zero-order valence-corrected chi connectivity index (χ0v) is 14.4. The average molecular weight is 346 g/mol. The minimum atomic E-state index is -0.400. The van der Waals surface area contributed by atoms with E-state index in [1.807, 2.05) is 36.4 Å². The van der Waals surface area contributed by atoms with Gasteiger partial charge in [0, 0.05) is 7.11 Å². The molecule has 0 aliphatic rings. The molecule has 0 saturated carbocycles. The lowest BCUT2D eigenvalue weighted by atomic mass is 10.1. The summed E-state index contributed by atoms with van der Waals surface area (Å²) in [7, 11) is 3.24. The Balaban J connectivity index is 1.61. The molecular weight excluding hydrogens is 324 g/mol. The molecular formula is C19H22O6. The molecule has 0 aromatic heterocycles. The number of esters is 1. The molecule has 0 heterocycles. The van der Waals surface area contributed by atoms with Crippen molar-refractivity contribution in [2.45, 2.75) is 13.2 Å². The molecule has 0 N–H and O–H groups in total. The Morgan fingerprint density at radius 1 is 0.800 bits per heavy atom. The van der Waals surface area contributed by atoms with Crippen LogP contribution < -0.4 is 4.74 Å². The fourth-order valence-corrected chi connectivity index (χ4v) is 2.05. The number of carbonyl (C=O) groups excluding carboxylic acids is 1. The lowest BCUT2D eigenvalue weighted by Gasteiger charge is -2.07. The zero-order chi connectivity index (χ0) is 17.9. The summed E-state index contributed by atoms with van der Waals surface area (Å²) < 4.78 is 15.2. The van der Waals surface area contributed by atoms with E-state index in [1.54, 1.807) is 26.4 Å². The Bertz CT molecular complexity index is 636. The topological polar surface area (TPSA) is 63.2 Å². The van der Waals surface area contributed by atoms with Gasteiger partial charge in [-0.15, -0.1) is 0 Å². The minimum absolute atomic E-state index is 0.112. The van der Waals surface area contributed by atoms with Gasteiger partial charge in [0.15, 0.2) is 0 Å². The summed E-state index contributed by atoms with van der Waals surface area (Å²) in [6.07, 6.45) is 0. The molecule has 0 fully saturated rings. The first kappa shape index (κ1) is 18.9. The second kappa shape index (κ2) is 10.5. The van der Waals surface area contributed by atoms with Crippen molar-refractivity contribution < 1.29 is 28.8 Å². The molecule has 0 spiro atoms. The standard InChI is InChI=1S/C19H22O6/c1-21-13-15-3-7-17(8-4-15)19(20)23-11-12-24-25-14-16-5-9-18(22-2)10-6-16/h3-10H,11-14H2,1-2H3. The number of carbonyl (C=O) groups is 1. The molecule has 6 heteroatoms. The van der Waals surface area contributed by atoms with Crippen molar-refractivity contribution in [2.75, 3.05) is 27.4 Å². The average Bonchev–Trinajstić information content (AvgIpc) is 2.65. The van der Waals surface area contributed by atoms with E-state index in [2.05, 4.69) is 0 Å². The predicted molar refractivity (Wildman–Crippen MR) is 91.2 cm³/mol. The van der Waals surface area contributed by atoms with E-state index in [1.165, 1.54) is 0 Å². The molecule has 0 atom stereocenters. The van der Waals surface area contributed by atoms with Crippen molar-refractivity contribution in [3.63, 3.8) is 0 Å². The zero-order valence-electron chi connectivity index (χ0n) is 14.4. The van der Waals surface area contributed by atoms with E-state index in [0.717, 1.165) is 16.9 Å². The van der Waals surface area contributed by atoms with Crippen LogP contribution in [0.4, 0.5) is 0 Å². The number of benzene rings is 2. The van der Waals surface area contributed by atoms with E-state index in [-0.39, 0.29) is 13.2 Å². The van der Waals surface area contributed by atoms with Gasteiger partial charge in [0.1, 0.15) is 25.6 Å². The van der Waals surface area contributed by atoms with Crippen LogP contribution in [0.5, 0.6) is 5.75 Å². The Morgan fingerprint density at radius 3 is 2.08 bits per heavy atom. The fraction of sp³-hybridized carbons (Fsp3) is 0.316. The number of ether oxygens (including phenoxy) is 3. The van der Waals surface area contributed by atoms with Crippen molar-refractivity contribution >= 4 is 5.97 Å². The molecule has 134 valence electrons. The van der Waals surface area contributed by atoms with E-state index >= 15 is 0 Å². The van der Waals surface area contributed by atoms with Gasteiger partial charge in [0.25, 0.3) is 0 Å². The maximum Gasteiger partial charge on any atom is 0.338 e. The second-order valence-electron chi connectivity index (χ2n) is 5.20. The lowest BCUT2D eigenvalue weighted by Crippen LogP contribution is -2.11. The van der Waals surface area contributed by atoms with Gasteiger partial charge in [-0.05, 0) is 35.4 Å². The quantitative estimate of drug-likeness (QED) is 0.285. The first-order valence-corrected chi connectivity index (χ1v) is 7.85. The maximum atomic E-state index is 11.9. The minimum Gasteiger partial charge on any atom is -0.497 e. The lowest BCUT2D eigenvalue weighted by molar-refractivity contribution is -0.306. The Morgan fingerprint density at radius 2 is 1.44 bits per heavy atom. The van der Waals surface area contributed by atoms with Gasteiger partial charge in [-0.2, -0.15) is 0 Å². The first-order chi connectivity index (χ1) is 12.2. The molecule has 0 unspecified atom stereocenters. The van der Waals surface area contributed by atoms with Crippen molar-refractivity contribution in [3.8, 4) is 5.75 Å². The largest absolute Gasteiger partial charge is 0.497 e. The number of hydrogen-bond acceptors (Lipinski definition) is 6. The van der Waals surface area contributed by atoms with E-state index in [4.69, 9.17) is 24.0 Å². The summed E-state index contributed by atoms with van der Waals surface area (Å²) in [6, 6.07) is 14.5. The predicted octanol–water partition coefficient (Wildman–Crippen LogP) is 3.15. The van der Waals surface area contributed by atoms with Gasteiger partial charge in [0.2, 0.25) is 0 Å². The van der Waals surface area contributed by atoms with Gasteiger partial charge in [0.05, 0.1) is 19.3 Å². The maximum absolute atomic E-state index is 11.9. The van der Waals surface area contributed by atoms with Crippen LogP contribution in [0, 0.1) is 0 Å². The highest BCUT2D eigenvalue weighted by Crippen LogP contribution is 2.12. The second-order valence-corrected chi connectivity index (χ2v) is 5.20. The van der Waals surface area contributed by atoms with Crippen molar-refractivity contribution in [3.05, 3.63) is 65.2 Å². The van der Waals surface area contributed by atoms with Gasteiger partial charge in [-0.3, -0.25) is 0 Å². The molecule has 0 aliphatic heterocycles. The SMILES string of the molecule is COCc1ccc(C(=O)OCCOOCc2ccc(OC)cc2)cc1. The third-order valence-corrected chi connectivity index (χ3v) is 3.37. The Hall–Kier alpha value is -2.41. The monoisotopic (exact) mass is 346 g/mol. The molecule has 0 radical (unpaired) electrons. The van der Waals surface area contributed by atoms with Crippen LogP contribution in [0.25, 0.3) is 0 Å². The first-order valence-electron chi connectivity index (χ1n) is 7.85. The van der Waals surface area contributed by atoms with E-state index < -0.39 is 5.97 Å². The van der Waals surface area contributed by atoms with Crippen molar-refractivity contribution in [2.24, 2.45) is 0 Å². The smallest absolute Gasteiger partial charge is 0.338 e. The Labute approximate surface area is 147 Å². The number of hydrogen-bond donors (Lipinski definition) is 0. The van der Waals surface area contributed by atoms with Crippen molar-refractivity contribution in [1.29, 1.82) is 0 Å². The van der Waals surface area contributed by atoms with E-state index in [0.29, 0.717) is 18.8 Å². The summed E-state index contributed by atoms with van der Waals surface area (Å²) in [4.78, 5) is 22.0. The third kappa shape index (κ3) is 6.54. The number of methoxy groups -OCH3 is 2. The van der Waals surface area contributed by atoms with E-state index in [9.17, 15) is 4.79 Å². The molecule has 6 nitrogen and oxygen atoms in total. The van der Waals surface area contributed by atoms with Gasteiger partial charge in [-0.25, -0.2) is 14.6 Å². The van der Waals surface area contributed by atoms with Gasteiger partial charge < -0.3 is 14.2 Å². The van der Waals surface area contributed by atoms with Gasteiger partial charge in [-0.1, -0.05) is 24.3 Å². The van der Waals surface area contributed by atoms with Crippen LogP contribution >= 0.6 is 0 Å². The molecule has 0 amide bonds. The highest BCUT2D eigenvalue weighted by Gasteiger charge is 2.07. The summed E-state index contributed by atoms with van der Waals surface area (Å²) in [5.41, 5.74) is 2.43. The van der Waals surface area contributed by atoms with Crippen LogP contribution in [0.2, 0.25) is 0 Å². The van der Waals surface area contributed by atoms with Gasteiger partial charge >= 0.3 is 5.97 Å². The molecule has 0 aliphatic carbocycles. The number of rotatable bonds is 10. The Kier molecular flexibility index (Phi) is 7.91. The molecule has 0 bridgehead atoms. The highest BCUT2D eigenvalue weighted by molar-refractivity contribution is 5.89. The van der Waals surface area contributed by atoms with Crippen molar-refractivity contribution in [1.82, 2.24) is 0 Å². The molecule has 25 heavy (non-hydrogen) atoms. The van der Waals surface area contributed by atoms with Crippen LogP contribution in [0.3, 0.4) is 0 Å². The van der Waals surface area contributed by atoms with Crippen LogP contribution in [0.1, 0.15) is 21.5 Å². The third-order valence-electron chi connectivity index (χ3n) is 3.37. The van der Waals surface area contributed by atoms with Crippen LogP contribution in [-0.4, -0.2) is 33.4 Å². The van der Waals surface area contributed by atoms with Crippen LogP contribution in [-0.2, 0) is 32.5 Å². The summed E-state index contributed by atoms with van der Waals surface area (Å²) >= 11 is 0. The molecule has 2 aromatic rings. The molecule has 0 saturated heterocycles. The fourth-order valence-electron chi connectivity index (χ4n) is 2.05. The summed E-state index contributed by atoms with van der Waals surface area (Å²) in [5, 5.41) is 0. The molecule has 2 aromatic carbocycles. The summed E-state index contributed by atoms with van der Waals surface area (Å²) in [6.45, 7) is 1.08. The molecule has 2 rings (SSSR count). The highest BCUT2D eigenvalue weighted by atomic mass is 17.2.